The molecule has 0 saturated carbocycles. The Morgan fingerprint density at radius 2 is 2.28 bits per heavy atom. The van der Waals surface area contributed by atoms with Crippen LogP contribution in [-0.4, -0.2) is 33.2 Å². The van der Waals surface area contributed by atoms with E-state index in [4.69, 9.17) is 16.3 Å². The summed E-state index contributed by atoms with van der Waals surface area (Å²) < 4.78 is 5.12. The lowest BCUT2D eigenvalue weighted by molar-refractivity contribution is -0.115. The van der Waals surface area contributed by atoms with E-state index in [1.807, 2.05) is 13.0 Å². The lowest BCUT2D eigenvalue weighted by atomic mass is 10.2. The van der Waals surface area contributed by atoms with Crippen molar-refractivity contribution in [1.82, 2.24) is 15.0 Å². The van der Waals surface area contributed by atoms with E-state index in [9.17, 15) is 4.79 Å². The van der Waals surface area contributed by atoms with E-state index < -0.39 is 0 Å². The number of rotatable bonds is 6. The molecule has 0 unspecified atom stereocenters. The maximum atomic E-state index is 12.6. The summed E-state index contributed by atoms with van der Waals surface area (Å²) in [5, 5.41) is 3.74. The van der Waals surface area contributed by atoms with Gasteiger partial charge in [-0.2, -0.15) is 0 Å². The highest BCUT2D eigenvalue weighted by molar-refractivity contribution is 8.00. The first-order valence-electron chi connectivity index (χ1n) is 7.71. The van der Waals surface area contributed by atoms with Crippen LogP contribution in [0.15, 0.2) is 41.8 Å². The molecule has 1 aromatic carbocycles. The number of carbonyl (C=O) groups is 1. The van der Waals surface area contributed by atoms with Gasteiger partial charge < -0.3 is 15.0 Å². The number of carbonyl (C=O) groups excluding carboxylic acids is 1. The van der Waals surface area contributed by atoms with Gasteiger partial charge in [-0.25, -0.2) is 4.98 Å². The number of hydrogen-bond donors (Lipinski definition) is 2. The topological polar surface area (TPSA) is 79.9 Å². The van der Waals surface area contributed by atoms with E-state index in [1.54, 1.807) is 37.7 Å². The molecule has 2 aromatic heterocycles. The molecule has 2 heterocycles. The Kier molecular flexibility index (Phi) is 5.45. The van der Waals surface area contributed by atoms with Gasteiger partial charge in [0.15, 0.2) is 5.16 Å². The number of nitrogens with zero attached hydrogens (tertiary/aromatic N) is 2. The zero-order valence-electron chi connectivity index (χ0n) is 13.7. The highest BCUT2D eigenvalue weighted by atomic mass is 35.5. The third kappa shape index (κ3) is 4.05. The van der Waals surface area contributed by atoms with Crippen molar-refractivity contribution in [3.63, 3.8) is 0 Å². The average Bonchev–Trinajstić information content (AvgIpc) is 3.02. The van der Waals surface area contributed by atoms with Crippen molar-refractivity contribution in [3.8, 4) is 5.75 Å². The van der Waals surface area contributed by atoms with Crippen LogP contribution in [0, 0.1) is 0 Å². The SMILES string of the molecule is CC[C@@H](Sc1nc2ccncc2[nH]1)C(=O)Nc1ccc(OC)c(Cl)c1. The Hall–Kier alpha value is -2.25. The molecule has 130 valence electrons. The van der Waals surface area contributed by atoms with Gasteiger partial charge in [0.25, 0.3) is 0 Å². The molecular weight excluding hydrogens is 360 g/mol. The summed E-state index contributed by atoms with van der Waals surface area (Å²) in [5.74, 6) is 0.462. The summed E-state index contributed by atoms with van der Waals surface area (Å²) in [4.78, 5) is 24.3. The first-order chi connectivity index (χ1) is 12.1. The molecule has 1 atom stereocenters. The number of nitrogens with one attached hydrogen (secondary N) is 2. The number of methoxy groups -OCH3 is 1. The molecule has 0 fully saturated rings. The lowest BCUT2D eigenvalue weighted by Gasteiger charge is -2.14. The van der Waals surface area contributed by atoms with Crippen molar-refractivity contribution in [2.24, 2.45) is 0 Å². The molecule has 0 aliphatic carbocycles. The molecule has 0 radical (unpaired) electrons. The number of hydrogen-bond acceptors (Lipinski definition) is 5. The molecule has 2 N–H and O–H groups in total. The Morgan fingerprint density at radius 1 is 1.44 bits per heavy atom. The van der Waals surface area contributed by atoms with Crippen LogP contribution < -0.4 is 10.1 Å². The van der Waals surface area contributed by atoms with E-state index in [0.717, 1.165) is 11.0 Å². The van der Waals surface area contributed by atoms with Crippen molar-refractivity contribution in [2.75, 3.05) is 12.4 Å². The minimum atomic E-state index is -0.283. The molecule has 0 spiro atoms. The molecule has 0 saturated heterocycles. The molecule has 3 aromatic rings. The standard InChI is InChI=1S/C17H17ClN4O2S/c1-3-15(25-17-21-12-6-7-19-9-13(12)22-17)16(23)20-10-4-5-14(24-2)11(18)8-10/h4-9,15H,3H2,1-2H3,(H,20,23)(H,21,22)/t15-/m1/s1. The summed E-state index contributed by atoms with van der Waals surface area (Å²) in [7, 11) is 1.55. The van der Waals surface area contributed by atoms with Crippen LogP contribution in [0.1, 0.15) is 13.3 Å². The highest BCUT2D eigenvalue weighted by Gasteiger charge is 2.20. The van der Waals surface area contributed by atoms with E-state index in [2.05, 4.69) is 20.3 Å². The number of halogens is 1. The maximum Gasteiger partial charge on any atom is 0.237 e. The smallest absolute Gasteiger partial charge is 0.237 e. The quantitative estimate of drug-likeness (QED) is 0.632. The molecular formula is C17H17ClN4O2S. The number of benzene rings is 1. The zero-order valence-corrected chi connectivity index (χ0v) is 15.3. The fraction of sp³-hybridized carbons (Fsp3) is 0.235. The number of ether oxygens (including phenoxy) is 1. The van der Waals surface area contributed by atoms with Gasteiger partial charge in [0, 0.05) is 11.9 Å². The predicted octanol–water partition coefficient (Wildman–Crippen LogP) is 4.13. The number of aromatic amines is 1. The predicted molar refractivity (Wildman–Crippen MR) is 100 cm³/mol. The summed E-state index contributed by atoms with van der Waals surface area (Å²) in [6.07, 6.45) is 4.07. The summed E-state index contributed by atoms with van der Waals surface area (Å²) in [6, 6.07) is 6.98. The molecule has 0 bridgehead atoms. The Balaban J connectivity index is 1.71. The summed E-state index contributed by atoms with van der Waals surface area (Å²) >= 11 is 7.49. The van der Waals surface area contributed by atoms with Crippen LogP contribution in [0.4, 0.5) is 5.69 Å². The van der Waals surface area contributed by atoms with Crippen LogP contribution in [0.25, 0.3) is 11.0 Å². The number of thioether (sulfide) groups is 1. The highest BCUT2D eigenvalue weighted by Crippen LogP contribution is 2.29. The molecule has 3 rings (SSSR count). The number of pyridine rings is 1. The number of imidazole rings is 1. The van der Waals surface area contributed by atoms with Gasteiger partial charge in [-0.15, -0.1) is 0 Å². The van der Waals surface area contributed by atoms with Crippen LogP contribution in [0.3, 0.4) is 0 Å². The monoisotopic (exact) mass is 376 g/mol. The van der Waals surface area contributed by atoms with Gasteiger partial charge >= 0.3 is 0 Å². The van der Waals surface area contributed by atoms with Gasteiger partial charge in [0.1, 0.15) is 5.75 Å². The zero-order chi connectivity index (χ0) is 17.8. The van der Waals surface area contributed by atoms with Crippen molar-refractivity contribution >= 4 is 46.0 Å². The Morgan fingerprint density at radius 3 is 2.96 bits per heavy atom. The molecule has 6 nitrogen and oxygen atoms in total. The van der Waals surface area contributed by atoms with E-state index in [1.165, 1.54) is 11.8 Å². The minimum Gasteiger partial charge on any atom is -0.495 e. The van der Waals surface area contributed by atoms with Gasteiger partial charge in [0.05, 0.1) is 34.6 Å². The van der Waals surface area contributed by atoms with Crippen molar-refractivity contribution in [2.45, 2.75) is 23.8 Å². The number of amides is 1. The van der Waals surface area contributed by atoms with Crippen LogP contribution in [0.5, 0.6) is 5.75 Å². The van der Waals surface area contributed by atoms with Gasteiger partial charge in [0.2, 0.25) is 5.91 Å². The number of H-pyrrole nitrogens is 1. The van der Waals surface area contributed by atoms with Gasteiger partial charge in [-0.1, -0.05) is 30.3 Å². The van der Waals surface area contributed by atoms with Gasteiger partial charge in [-0.05, 0) is 30.7 Å². The number of anilines is 1. The molecule has 25 heavy (non-hydrogen) atoms. The molecule has 0 aliphatic heterocycles. The van der Waals surface area contributed by atoms with Gasteiger partial charge in [-0.3, -0.25) is 9.78 Å². The summed E-state index contributed by atoms with van der Waals surface area (Å²) in [5.41, 5.74) is 2.31. The van der Waals surface area contributed by atoms with E-state index in [-0.39, 0.29) is 11.2 Å². The second-order valence-corrected chi connectivity index (χ2v) is 6.89. The van der Waals surface area contributed by atoms with Crippen LogP contribution >= 0.6 is 23.4 Å². The fourth-order valence-corrected chi connectivity index (χ4v) is 3.49. The molecule has 0 aliphatic rings. The lowest BCUT2D eigenvalue weighted by Crippen LogP contribution is -2.24. The maximum absolute atomic E-state index is 12.6. The average molecular weight is 377 g/mol. The van der Waals surface area contributed by atoms with Crippen molar-refractivity contribution in [3.05, 3.63) is 41.7 Å². The van der Waals surface area contributed by atoms with Crippen LogP contribution in [0.2, 0.25) is 5.02 Å². The Bertz CT molecular complexity index is 866. The number of aromatic nitrogens is 3. The van der Waals surface area contributed by atoms with E-state index >= 15 is 0 Å². The second kappa shape index (κ2) is 7.76. The Labute approximate surface area is 154 Å². The second-order valence-electron chi connectivity index (χ2n) is 5.29. The third-order valence-corrected chi connectivity index (χ3v) is 5.14. The first kappa shape index (κ1) is 17.6. The minimum absolute atomic E-state index is 0.104. The molecule has 1 amide bonds. The largest absolute Gasteiger partial charge is 0.495 e. The normalized spacial score (nSPS) is 12.1. The van der Waals surface area contributed by atoms with Crippen molar-refractivity contribution in [1.29, 1.82) is 0 Å². The third-order valence-electron chi connectivity index (χ3n) is 3.60. The number of fused-ring (bicyclic) bond motifs is 1. The van der Waals surface area contributed by atoms with E-state index in [0.29, 0.717) is 28.0 Å². The van der Waals surface area contributed by atoms with Crippen molar-refractivity contribution < 1.29 is 9.53 Å². The first-order valence-corrected chi connectivity index (χ1v) is 8.97. The van der Waals surface area contributed by atoms with Crippen LogP contribution in [-0.2, 0) is 4.79 Å². The summed E-state index contributed by atoms with van der Waals surface area (Å²) in [6.45, 7) is 1.96. The molecule has 8 heteroatoms. The fourth-order valence-electron chi connectivity index (χ4n) is 2.31.